The number of piperidine rings is 1. The lowest BCUT2D eigenvalue weighted by atomic mass is 9.91. The zero-order valence-electron chi connectivity index (χ0n) is 13.5. The average Bonchev–Trinajstić information content (AvgIpc) is 3.03. The first kappa shape index (κ1) is 14.7. The summed E-state index contributed by atoms with van der Waals surface area (Å²) in [5, 5.41) is 9.40. The van der Waals surface area contributed by atoms with Gasteiger partial charge in [0.15, 0.2) is 0 Å². The standard InChI is InChI=1S/C18H23N3O2/c1-11-19-16-5-2-12(8-17(16)20-11)9-18(23)21-14-3-4-15(21)7-13(6-14)10-22/h2,5,8,13-15,22H,3-4,6-7,9-10H2,1H3,(H,19,20)/t13?,14-,15+. The minimum absolute atomic E-state index is 0.226. The Labute approximate surface area is 135 Å². The van der Waals surface area contributed by atoms with Crippen molar-refractivity contribution in [1.29, 1.82) is 0 Å². The number of benzene rings is 1. The molecule has 0 radical (unpaired) electrons. The largest absolute Gasteiger partial charge is 0.396 e. The van der Waals surface area contributed by atoms with Crippen molar-refractivity contribution < 1.29 is 9.90 Å². The minimum atomic E-state index is 0.226. The molecular weight excluding hydrogens is 290 g/mol. The summed E-state index contributed by atoms with van der Waals surface area (Å²) in [6.45, 7) is 2.19. The molecule has 0 saturated carbocycles. The fourth-order valence-electron chi connectivity index (χ4n) is 4.41. The number of nitrogens with zero attached hydrogens (tertiary/aromatic N) is 2. The third kappa shape index (κ3) is 2.63. The van der Waals surface area contributed by atoms with Crippen molar-refractivity contribution in [2.24, 2.45) is 5.92 Å². The zero-order chi connectivity index (χ0) is 16.0. The van der Waals surface area contributed by atoms with E-state index in [1.54, 1.807) is 0 Å². The number of fused-ring (bicyclic) bond motifs is 3. The Balaban J connectivity index is 1.51. The smallest absolute Gasteiger partial charge is 0.227 e. The van der Waals surface area contributed by atoms with Crippen LogP contribution in [0.3, 0.4) is 0 Å². The summed E-state index contributed by atoms with van der Waals surface area (Å²) >= 11 is 0. The second-order valence-corrected chi connectivity index (χ2v) is 7.06. The van der Waals surface area contributed by atoms with Gasteiger partial charge in [-0.25, -0.2) is 4.98 Å². The number of carbonyl (C=O) groups excluding carboxylic acids is 1. The number of rotatable bonds is 3. The molecule has 2 aromatic rings. The highest BCUT2D eigenvalue weighted by Gasteiger charge is 2.42. The van der Waals surface area contributed by atoms with Crippen LogP contribution in [-0.4, -0.2) is 44.6 Å². The van der Waals surface area contributed by atoms with Crippen LogP contribution in [0.4, 0.5) is 0 Å². The number of carbonyl (C=O) groups is 1. The van der Waals surface area contributed by atoms with E-state index in [2.05, 4.69) is 14.9 Å². The average molecular weight is 313 g/mol. The first-order valence-electron chi connectivity index (χ1n) is 8.51. The van der Waals surface area contributed by atoms with Gasteiger partial charge in [-0.15, -0.1) is 0 Å². The predicted molar refractivity (Wildman–Crippen MR) is 88.0 cm³/mol. The number of amides is 1. The van der Waals surface area contributed by atoms with Crippen LogP contribution in [0.2, 0.25) is 0 Å². The van der Waals surface area contributed by atoms with Crippen LogP contribution in [0.15, 0.2) is 18.2 Å². The van der Waals surface area contributed by atoms with Crippen LogP contribution in [0.5, 0.6) is 0 Å². The summed E-state index contributed by atoms with van der Waals surface area (Å²) < 4.78 is 0. The molecule has 1 amide bonds. The Morgan fingerprint density at radius 2 is 2.09 bits per heavy atom. The SMILES string of the molecule is Cc1nc2ccc(CC(=O)N3[C@@H]4CC[C@H]3CC(CO)C4)cc2[nH]1. The van der Waals surface area contributed by atoms with Crippen molar-refractivity contribution in [2.75, 3.05) is 6.61 Å². The Hall–Kier alpha value is -1.88. The second-order valence-electron chi connectivity index (χ2n) is 7.06. The molecule has 23 heavy (non-hydrogen) atoms. The maximum absolute atomic E-state index is 12.8. The maximum atomic E-state index is 12.8. The van der Waals surface area contributed by atoms with E-state index in [0.717, 1.165) is 48.1 Å². The van der Waals surface area contributed by atoms with Crippen LogP contribution in [0.25, 0.3) is 11.0 Å². The maximum Gasteiger partial charge on any atom is 0.227 e. The Morgan fingerprint density at radius 1 is 1.35 bits per heavy atom. The van der Waals surface area contributed by atoms with Gasteiger partial charge in [0.05, 0.1) is 17.5 Å². The van der Waals surface area contributed by atoms with Gasteiger partial charge < -0.3 is 15.0 Å². The lowest BCUT2D eigenvalue weighted by molar-refractivity contribution is -0.135. The van der Waals surface area contributed by atoms with Gasteiger partial charge in [0.25, 0.3) is 0 Å². The molecule has 1 aromatic carbocycles. The van der Waals surface area contributed by atoms with Gasteiger partial charge in [-0.3, -0.25) is 4.79 Å². The summed E-state index contributed by atoms with van der Waals surface area (Å²) in [5.74, 6) is 1.50. The number of aromatic nitrogens is 2. The van der Waals surface area contributed by atoms with E-state index >= 15 is 0 Å². The number of aromatic amines is 1. The van der Waals surface area contributed by atoms with E-state index in [1.807, 2.05) is 25.1 Å². The highest BCUT2D eigenvalue weighted by Crippen LogP contribution is 2.38. The molecule has 0 spiro atoms. The second kappa shape index (κ2) is 5.64. The van der Waals surface area contributed by atoms with Crippen molar-refractivity contribution in [3.8, 4) is 0 Å². The van der Waals surface area contributed by atoms with Gasteiger partial charge in [-0.1, -0.05) is 6.07 Å². The molecule has 1 aromatic heterocycles. The number of hydrogen-bond donors (Lipinski definition) is 2. The lowest BCUT2D eigenvalue weighted by Gasteiger charge is -2.38. The van der Waals surface area contributed by atoms with Crippen molar-refractivity contribution in [2.45, 2.75) is 51.1 Å². The fourth-order valence-corrected chi connectivity index (χ4v) is 4.41. The van der Waals surface area contributed by atoms with Gasteiger partial charge in [0.2, 0.25) is 5.91 Å². The number of aliphatic hydroxyl groups excluding tert-OH is 1. The molecule has 2 fully saturated rings. The molecule has 2 aliphatic rings. The van der Waals surface area contributed by atoms with E-state index in [-0.39, 0.29) is 12.5 Å². The third-order valence-electron chi connectivity index (χ3n) is 5.40. The quantitative estimate of drug-likeness (QED) is 0.912. The van der Waals surface area contributed by atoms with Gasteiger partial charge in [0.1, 0.15) is 5.82 Å². The number of H-pyrrole nitrogens is 1. The number of nitrogens with one attached hydrogen (secondary N) is 1. The highest BCUT2D eigenvalue weighted by molar-refractivity contribution is 5.82. The van der Waals surface area contributed by atoms with Gasteiger partial charge in [0, 0.05) is 18.7 Å². The molecular formula is C18H23N3O2. The van der Waals surface area contributed by atoms with Gasteiger partial charge in [-0.2, -0.15) is 0 Å². The van der Waals surface area contributed by atoms with Crippen molar-refractivity contribution in [1.82, 2.24) is 14.9 Å². The molecule has 122 valence electrons. The Bertz CT molecular complexity index is 725. The summed E-state index contributed by atoms with van der Waals surface area (Å²) in [6.07, 6.45) is 4.54. The molecule has 2 bridgehead atoms. The van der Waals surface area contributed by atoms with Crippen molar-refractivity contribution in [3.63, 3.8) is 0 Å². The molecule has 2 saturated heterocycles. The minimum Gasteiger partial charge on any atom is -0.396 e. The monoisotopic (exact) mass is 313 g/mol. The molecule has 3 atom stereocenters. The summed E-state index contributed by atoms with van der Waals surface area (Å²) in [5.41, 5.74) is 2.98. The number of imidazole rings is 1. The van der Waals surface area contributed by atoms with Crippen LogP contribution in [-0.2, 0) is 11.2 Å². The van der Waals surface area contributed by atoms with E-state index in [4.69, 9.17) is 0 Å². The highest BCUT2D eigenvalue weighted by atomic mass is 16.3. The van der Waals surface area contributed by atoms with Crippen molar-refractivity contribution in [3.05, 3.63) is 29.6 Å². The molecule has 2 aliphatic heterocycles. The molecule has 2 N–H and O–H groups in total. The molecule has 1 unspecified atom stereocenters. The third-order valence-corrected chi connectivity index (χ3v) is 5.40. The predicted octanol–water partition coefficient (Wildman–Crippen LogP) is 2.18. The van der Waals surface area contributed by atoms with E-state index in [9.17, 15) is 9.90 Å². The van der Waals surface area contributed by atoms with Gasteiger partial charge in [-0.05, 0) is 56.2 Å². The van der Waals surface area contributed by atoms with Gasteiger partial charge >= 0.3 is 0 Å². The van der Waals surface area contributed by atoms with Crippen LogP contribution >= 0.6 is 0 Å². The summed E-state index contributed by atoms with van der Waals surface area (Å²) in [4.78, 5) is 22.5. The van der Waals surface area contributed by atoms with E-state index < -0.39 is 0 Å². The summed E-state index contributed by atoms with van der Waals surface area (Å²) in [7, 11) is 0. The first-order valence-corrected chi connectivity index (χ1v) is 8.51. The molecule has 3 heterocycles. The lowest BCUT2D eigenvalue weighted by Crippen LogP contribution is -2.47. The Morgan fingerprint density at radius 3 is 2.78 bits per heavy atom. The van der Waals surface area contributed by atoms with E-state index in [1.165, 1.54) is 0 Å². The van der Waals surface area contributed by atoms with Crippen LogP contribution in [0.1, 0.15) is 37.1 Å². The number of aliphatic hydroxyl groups is 1. The molecule has 0 aliphatic carbocycles. The van der Waals surface area contributed by atoms with Crippen LogP contribution in [0, 0.1) is 12.8 Å². The summed E-state index contributed by atoms with van der Waals surface area (Å²) in [6, 6.07) is 6.68. The van der Waals surface area contributed by atoms with Crippen LogP contribution < -0.4 is 0 Å². The molecule has 5 nitrogen and oxygen atoms in total. The molecule has 4 rings (SSSR count). The fraction of sp³-hybridized carbons (Fsp3) is 0.556. The molecule has 5 heteroatoms. The van der Waals surface area contributed by atoms with E-state index in [0.29, 0.717) is 24.4 Å². The first-order chi connectivity index (χ1) is 11.1. The number of hydrogen-bond acceptors (Lipinski definition) is 3. The normalized spacial score (nSPS) is 26.9. The Kier molecular flexibility index (Phi) is 3.60. The number of aryl methyl sites for hydroxylation is 1. The topological polar surface area (TPSA) is 69.2 Å². The zero-order valence-corrected chi connectivity index (χ0v) is 13.5. The van der Waals surface area contributed by atoms with Crippen molar-refractivity contribution >= 4 is 16.9 Å².